The van der Waals surface area contributed by atoms with E-state index in [0.29, 0.717) is 5.54 Å². The summed E-state index contributed by atoms with van der Waals surface area (Å²) in [4.78, 5) is 0. The van der Waals surface area contributed by atoms with Crippen LogP contribution in [0.4, 0.5) is 0 Å². The van der Waals surface area contributed by atoms with Crippen LogP contribution in [0.25, 0.3) is 0 Å². The Morgan fingerprint density at radius 2 is 2.08 bits per heavy atom. The van der Waals surface area contributed by atoms with E-state index in [4.69, 9.17) is 4.55 Å². The highest BCUT2D eigenvalue weighted by molar-refractivity contribution is 7.93. The zero-order valence-electron chi connectivity index (χ0n) is 7.81. The monoisotopic (exact) mass is 189 g/mol. The van der Waals surface area contributed by atoms with Gasteiger partial charge >= 0.3 is 0 Å². The van der Waals surface area contributed by atoms with E-state index in [-0.39, 0.29) is 0 Å². The number of nitrogens with one attached hydrogen (secondary N) is 1. The van der Waals surface area contributed by atoms with Gasteiger partial charge in [0.2, 0.25) is 0 Å². The lowest BCUT2D eigenvalue weighted by atomic mass is 10.0. The first-order chi connectivity index (χ1) is 5.77. The minimum absolute atomic E-state index is 0.403. The largest absolute Gasteiger partial charge is 0.330 e. The minimum Gasteiger partial charge on any atom is -0.330 e. The summed E-state index contributed by atoms with van der Waals surface area (Å²) in [5.41, 5.74) is 0.403. The lowest BCUT2D eigenvalue weighted by molar-refractivity contribution is 0.366. The molecule has 0 saturated heterocycles. The first-order valence-electron chi connectivity index (χ1n) is 4.78. The first kappa shape index (κ1) is 10.4. The molecule has 0 radical (unpaired) electrons. The summed E-state index contributed by atoms with van der Waals surface area (Å²) in [5.74, 6) is 0.850. The van der Waals surface area contributed by atoms with Crippen LogP contribution >= 0.6 is 12.0 Å². The lowest BCUT2D eigenvalue weighted by Crippen LogP contribution is -2.40. The van der Waals surface area contributed by atoms with E-state index in [2.05, 4.69) is 12.2 Å². The van der Waals surface area contributed by atoms with Crippen molar-refractivity contribution >= 4 is 12.0 Å². The Hall–Kier alpha value is 0.270. The average molecular weight is 189 g/mol. The van der Waals surface area contributed by atoms with Crippen LogP contribution in [0.15, 0.2) is 0 Å². The quantitative estimate of drug-likeness (QED) is 0.515. The number of hydrogen-bond donors (Lipinski definition) is 2. The zero-order valence-corrected chi connectivity index (χ0v) is 8.62. The van der Waals surface area contributed by atoms with Gasteiger partial charge in [0.25, 0.3) is 0 Å². The molecule has 0 aliphatic heterocycles. The molecule has 0 atom stereocenters. The average Bonchev–Trinajstić information content (AvgIpc) is 2.47. The SMILES string of the molecule is CC1(NCCCSO)CCCC1. The van der Waals surface area contributed by atoms with Crippen molar-refractivity contribution in [2.75, 3.05) is 12.3 Å². The molecule has 0 aromatic heterocycles. The summed E-state index contributed by atoms with van der Waals surface area (Å²) in [7, 11) is 0. The van der Waals surface area contributed by atoms with Crippen molar-refractivity contribution in [3.63, 3.8) is 0 Å². The van der Waals surface area contributed by atoms with Crippen LogP contribution in [-0.2, 0) is 0 Å². The summed E-state index contributed by atoms with van der Waals surface area (Å²) in [6.07, 6.45) is 6.45. The number of hydrogen-bond acceptors (Lipinski definition) is 3. The Morgan fingerprint density at radius 1 is 1.42 bits per heavy atom. The van der Waals surface area contributed by atoms with E-state index in [1.54, 1.807) is 0 Å². The van der Waals surface area contributed by atoms with Crippen molar-refractivity contribution in [1.29, 1.82) is 0 Å². The molecule has 0 spiro atoms. The smallest absolute Gasteiger partial charge is 0.0207 e. The van der Waals surface area contributed by atoms with Crippen LogP contribution in [-0.4, -0.2) is 22.4 Å². The molecule has 0 aromatic rings. The van der Waals surface area contributed by atoms with Gasteiger partial charge in [0, 0.05) is 11.3 Å². The normalized spacial score (nSPS) is 21.5. The molecule has 2 nitrogen and oxygen atoms in total. The highest BCUT2D eigenvalue weighted by Crippen LogP contribution is 2.28. The van der Waals surface area contributed by atoms with Crippen LogP contribution in [0.1, 0.15) is 39.0 Å². The molecule has 1 aliphatic rings. The molecule has 0 unspecified atom stereocenters. The molecule has 1 aliphatic carbocycles. The summed E-state index contributed by atoms with van der Waals surface area (Å²) in [5, 5.41) is 3.57. The van der Waals surface area contributed by atoms with Gasteiger partial charge in [-0.2, -0.15) is 0 Å². The molecule has 2 N–H and O–H groups in total. The topological polar surface area (TPSA) is 32.3 Å². The Labute approximate surface area is 79.3 Å². The summed E-state index contributed by atoms with van der Waals surface area (Å²) in [6, 6.07) is 0. The van der Waals surface area contributed by atoms with Gasteiger partial charge in [-0.3, -0.25) is 0 Å². The molecular weight excluding hydrogens is 170 g/mol. The van der Waals surface area contributed by atoms with Crippen LogP contribution in [0.5, 0.6) is 0 Å². The van der Waals surface area contributed by atoms with E-state index in [0.717, 1.165) is 30.8 Å². The van der Waals surface area contributed by atoms with Gasteiger partial charge in [-0.15, -0.1) is 0 Å². The predicted molar refractivity (Wildman–Crippen MR) is 54.6 cm³/mol. The summed E-state index contributed by atoms with van der Waals surface area (Å²) in [6.45, 7) is 3.36. The molecule has 1 saturated carbocycles. The third kappa shape index (κ3) is 3.33. The molecule has 0 amide bonds. The Bertz CT molecular complexity index is 124. The van der Waals surface area contributed by atoms with E-state index in [1.165, 1.54) is 25.7 Å². The number of rotatable bonds is 5. The van der Waals surface area contributed by atoms with Crippen molar-refractivity contribution in [2.45, 2.75) is 44.6 Å². The molecule has 12 heavy (non-hydrogen) atoms. The Balaban J connectivity index is 2.05. The van der Waals surface area contributed by atoms with E-state index in [1.807, 2.05) is 0 Å². The molecule has 0 heterocycles. The van der Waals surface area contributed by atoms with E-state index >= 15 is 0 Å². The Kier molecular flexibility index (Phi) is 4.40. The van der Waals surface area contributed by atoms with Crippen molar-refractivity contribution in [3.8, 4) is 0 Å². The second kappa shape index (κ2) is 5.10. The van der Waals surface area contributed by atoms with Gasteiger partial charge in [-0.1, -0.05) is 12.8 Å². The van der Waals surface area contributed by atoms with Gasteiger partial charge in [0.1, 0.15) is 0 Å². The van der Waals surface area contributed by atoms with Crippen LogP contribution < -0.4 is 5.32 Å². The highest BCUT2D eigenvalue weighted by Gasteiger charge is 2.26. The van der Waals surface area contributed by atoms with E-state index < -0.39 is 0 Å². The second-order valence-electron chi connectivity index (χ2n) is 3.88. The molecule has 0 aromatic carbocycles. The molecule has 3 heteroatoms. The lowest BCUT2D eigenvalue weighted by Gasteiger charge is -2.25. The van der Waals surface area contributed by atoms with Gasteiger partial charge in [0.15, 0.2) is 0 Å². The third-order valence-corrected chi connectivity index (χ3v) is 3.14. The van der Waals surface area contributed by atoms with E-state index in [9.17, 15) is 0 Å². The zero-order chi connectivity index (χ0) is 8.86. The Morgan fingerprint density at radius 3 is 2.67 bits per heavy atom. The third-order valence-electron chi connectivity index (χ3n) is 2.67. The standard InChI is InChI=1S/C9H19NOS/c1-9(5-2-3-6-9)10-7-4-8-12-11/h10-11H,2-8H2,1H3. The second-order valence-corrected chi connectivity index (χ2v) is 4.55. The van der Waals surface area contributed by atoms with Crippen LogP contribution in [0, 0.1) is 0 Å². The van der Waals surface area contributed by atoms with Gasteiger partial charge in [0.05, 0.1) is 0 Å². The fourth-order valence-electron chi connectivity index (χ4n) is 1.86. The first-order valence-corrected chi connectivity index (χ1v) is 5.72. The van der Waals surface area contributed by atoms with Crippen LogP contribution in [0.3, 0.4) is 0 Å². The molecule has 1 fully saturated rings. The molecular formula is C9H19NOS. The fourth-order valence-corrected chi connectivity index (χ4v) is 2.13. The fraction of sp³-hybridized carbons (Fsp3) is 1.00. The summed E-state index contributed by atoms with van der Waals surface area (Å²) < 4.78 is 8.51. The minimum atomic E-state index is 0.403. The van der Waals surface area contributed by atoms with Crippen molar-refractivity contribution in [1.82, 2.24) is 5.32 Å². The van der Waals surface area contributed by atoms with Crippen molar-refractivity contribution < 1.29 is 4.55 Å². The van der Waals surface area contributed by atoms with Crippen molar-refractivity contribution in [3.05, 3.63) is 0 Å². The molecule has 72 valence electrons. The maximum Gasteiger partial charge on any atom is 0.0207 e. The van der Waals surface area contributed by atoms with Gasteiger partial charge in [-0.25, -0.2) is 0 Å². The van der Waals surface area contributed by atoms with Gasteiger partial charge in [-0.05, 0) is 44.8 Å². The maximum absolute atomic E-state index is 8.51. The highest BCUT2D eigenvalue weighted by atomic mass is 32.2. The molecule has 1 rings (SSSR count). The van der Waals surface area contributed by atoms with Gasteiger partial charge < -0.3 is 9.87 Å². The van der Waals surface area contributed by atoms with Crippen LogP contribution in [0.2, 0.25) is 0 Å². The van der Waals surface area contributed by atoms with Crippen molar-refractivity contribution in [2.24, 2.45) is 0 Å². The molecule has 0 bridgehead atoms. The predicted octanol–water partition coefficient (Wildman–Crippen LogP) is 2.51. The maximum atomic E-state index is 8.51. The summed E-state index contributed by atoms with van der Waals surface area (Å²) >= 11 is 0.943.